The molecule has 0 unspecified atom stereocenters. The molecule has 0 aromatic heterocycles. The molecule has 1 amide bonds. The number of aliphatic imine (C=N–C) groups is 1. The Bertz CT molecular complexity index is 290. The number of hydrogen-bond acceptors (Lipinski definition) is 4. The van der Waals surface area contributed by atoms with E-state index in [1.54, 1.807) is 18.8 Å². The van der Waals surface area contributed by atoms with Gasteiger partial charge in [-0.1, -0.05) is 0 Å². The average molecular weight is 290 g/mol. The van der Waals surface area contributed by atoms with Crippen molar-refractivity contribution in [2.75, 3.05) is 38.7 Å². The summed E-state index contributed by atoms with van der Waals surface area (Å²) < 4.78 is 5.12. The van der Waals surface area contributed by atoms with E-state index >= 15 is 0 Å². The van der Waals surface area contributed by atoms with Crippen LogP contribution in [0.1, 0.15) is 20.8 Å². The first kappa shape index (κ1) is 17.9. The second kappa shape index (κ2) is 9.77. The van der Waals surface area contributed by atoms with Gasteiger partial charge in [0, 0.05) is 32.4 Å². The number of amides is 1. The van der Waals surface area contributed by atoms with Crippen LogP contribution in [0.3, 0.4) is 0 Å². The molecule has 112 valence electrons. The number of hydrogen-bond donors (Lipinski definition) is 3. The van der Waals surface area contributed by atoms with Crippen molar-refractivity contribution in [1.82, 2.24) is 16.0 Å². The summed E-state index contributed by atoms with van der Waals surface area (Å²) in [7, 11) is 1.72. The second-order valence-corrected chi connectivity index (χ2v) is 5.83. The Morgan fingerprint density at radius 2 is 1.74 bits per heavy atom. The summed E-state index contributed by atoms with van der Waals surface area (Å²) in [5.74, 6) is 1.76. The molecule has 0 heterocycles. The molecule has 3 N–H and O–H groups in total. The summed E-state index contributed by atoms with van der Waals surface area (Å²) in [6.07, 6.45) is 1.66. The summed E-state index contributed by atoms with van der Waals surface area (Å²) in [5.41, 5.74) is -0.465. The van der Waals surface area contributed by atoms with Crippen LogP contribution in [0, 0.1) is 0 Å². The van der Waals surface area contributed by atoms with Gasteiger partial charge in [-0.05, 0) is 27.0 Å². The SMILES string of the molecule is CN=C(NCCNC(=O)OC(C)(C)C)NCCSC. The monoisotopic (exact) mass is 290 g/mol. The maximum Gasteiger partial charge on any atom is 0.407 e. The molecule has 19 heavy (non-hydrogen) atoms. The standard InChI is InChI=1S/C12H26N4O2S/c1-12(2,3)18-11(17)16-7-6-14-10(13-4)15-8-9-19-5/h6-9H2,1-5H3,(H,16,17)(H2,13,14,15). The Balaban J connectivity index is 3.69. The fraction of sp³-hybridized carbons (Fsp3) is 0.833. The minimum Gasteiger partial charge on any atom is -0.444 e. The lowest BCUT2D eigenvalue weighted by molar-refractivity contribution is 0.0529. The third kappa shape index (κ3) is 11.7. The van der Waals surface area contributed by atoms with E-state index in [2.05, 4.69) is 27.2 Å². The van der Waals surface area contributed by atoms with Gasteiger partial charge in [0.25, 0.3) is 0 Å². The highest BCUT2D eigenvalue weighted by Gasteiger charge is 2.15. The minimum atomic E-state index is -0.465. The van der Waals surface area contributed by atoms with Crippen LogP contribution in [0.2, 0.25) is 0 Å². The highest BCUT2D eigenvalue weighted by molar-refractivity contribution is 7.98. The number of carbonyl (C=O) groups excluding carboxylic acids is 1. The first-order valence-corrected chi connectivity index (χ1v) is 7.68. The molecule has 0 aromatic carbocycles. The zero-order valence-corrected chi connectivity index (χ0v) is 13.3. The highest BCUT2D eigenvalue weighted by Crippen LogP contribution is 2.05. The molecule has 0 atom stereocenters. The molecule has 0 aliphatic rings. The number of nitrogens with one attached hydrogen (secondary N) is 3. The van der Waals surface area contributed by atoms with Gasteiger partial charge in [-0.2, -0.15) is 11.8 Å². The van der Waals surface area contributed by atoms with E-state index in [0.717, 1.165) is 18.3 Å². The van der Waals surface area contributed by atoms with Gasteiger partial charge in [-0.3, -0.25) is 4.99 Å². The second-order valence-electron chi connectivity index (χ2n) is 4.85. The Hall–Kier alpha value is -1.11. The molecule has 0 bridgehead atoms. The Kier molecular flexibility index (Phi) is 9.20. The Labute approximate surface area is 120 Å². The van der Waals surface area contributed by atoms with E-state index in [1.165, 1.54) is 0 Å². The maximum atomic E-state index is 11.4. The largest absolute Gasteiger partial charge is 0.444 e. The lowest BCUT2D eigenvalue weighted by atomic mass is 10.2. The molecular weight excluding hydrogens is 264 g/mol. The molecule has 0 saturated carbocycles. The van der Waals surface area contributed by atoms with Crippen LogP contribution in [0.5, 0.6) is 0 Å². The van der Waals surface area contributed by atoms with Crippen LogP contribution < -0.4 is 16.0 Å². The summed E-state index contributed by atoms with van der Waals surface area (Å²) >= 11 is 1.77. The lowest BCUT2D eigenvalue weighted by Gasteiger charge is -2.19. The summed E-state index contributed by atoms with van der Waals surface area (Å²) in [4.78, 5) is 15.5. The molecule has 0 aliphatic carbocycles. The summed E-state index contributed by atoms with van der Waals surface area (Å²) in [5, 5.41) is 8.95. The zero-order chi connectivity index (χ0) is 14.7. The minimum absolute atomic E-state index is 0.403. The summed E-state index contributed by atoms with van der Waals surface area (Å²) in [6.45, 7) is 7.45. The van der Waals surface area contributed by atoms with Gasteiger partial charge < -0.3 is 20.7 Å². The predicted octanol–water partition coefficient (Wildman–Crippen LogP) is 1.04. The third-order valence-corrected chi connectivity index (χ3v) is 2.52. The van der Waals surface area contributed by atoms with Gasteiger partial charge >= 0.3 is 6.09 Å². The number of alkyl carbamates (subject to hydrolysis) is 1. The van der Waals surface area contributed by atoms with E-state index in [9.17, 15) is 4.79 Å². The molecular formula is C12H26N4O2S. The molecule has 7 heteroatoms. The first-order chi connectivity index (χ1) is 8.89. The Morgan fingerprint density at radius 1 is 1.16 bits per heavy atom. The quantitative estimate of drug-likeness (QED) is 0.387. The van der Waals surface area contributed by atoms with Crippen LogP contribution in [0.15, 0.2) is 4.99 Å². The van der Waals surface area contributed by atoms with Gasteiger partial charge in [0.1, 0.15) is 5.60 Å². The van der Waals surface area contributed by atoms with Crippen molar-refractivity contribution in [2.45, 2.75) is 26.4 Å². The van der Waals surface area contributed by atoms with E-state index in [0.29, 0.717) is 13.1 Å². The molecule has 6 nitrogen and oxygen atoms in total. The van der Waals surface area contributed by atoms with Gasteiger partial charge in [-0.15, -0.1) is 0 Å². The fourth-order valence-electron chi connectivity index (χ4n) is 1.15. The Morgan fingerprint density at radius 3 is 2.26 bits per heavy atom. The molecule has 0 saturated heterocycles. The molecule has 0 radical (unpaired) electrons. The molecule has 0 aliphatic heterocycles. The lowest BCUT2D eigenvalue weighted by Crippen LogP contribution is -2.43. The van der Waals surface area contributed by atoms with Crippen molar-refractivity contribution in [3.8, 4) is 0 Å². The molecule has 0 fully saturated rings. The fourth-order valence-corrected chi connectivity index (χ4v) is 1.46. The van der Waals surface area contributed by atoms with E-state index < -0.39 is 11.7 Å². The van der Waals surface area contributed by atoms with Crippen LogP contribution in [0.25, 0.3) is 0 Å². The van der Waals surface area contributed by atoms with Crippen molar-refractivity contribution >= 4 is 23.8 Å². The van der Waals surface area contributed by atoms with Gasteiger partial charge in [0.2, 0.25) is 0 Å². The van der Waals surface area contributed by atoms with E-state index in [1.807, 2.05) is 20.8 Å². The molecule has 0 spiro atoms. The number of thioether (sulfide) groups is 1. The van der Waals surface area contributed by atoms with E-state index in [-0.39, 0.29) is 0 Å². The van der Waals surface area contributed by atoms with Crippen molar-refractivity contribution in [2.24, 2.45) is 4.99 Å². The van der Waals surface area contributed by atoms with Crippen molar-refractivity contribution in [3.63, 3.8) is 0 Å². The maximum absolute atomic E-state index is 11.4. The number of carbonyl (C=O) groups is 1. The van der Waals surface area contributed by atoms with Crippen LogP contribution in [-0.2, 0) is 4.74 Å². The van der Waals surface area contributed by atoms with Gasteiger partial charge in [-0.25, -0.2) is 4.79 Å². The number of nitrogens with zero attached hydrogens (tertiary/aromatic N) is 1. The average Bonchev–Trinajstić information content (AvgIpc) is 2.30. The van der Waals surface area contributed by atoms with Crippen LogP contribution >= 0.6 is 11.8 Å². The van der Waals surface area contributed by atoms with Gasteiger partial charge in [0.05, 0.1) is 0 Å². The van der Waals surface area contributed by atoms with Gasteiger partial charge in [0.15, 0.2) is 5.96 Å². The van der Waals surface area contributed by atoms with Crippen LogP contribution in [-0.4, -0.2) is 56.3 Å². The highest BCUT2D eigenvalue weighted by atomic mass is 32.2. The first-order valence-electron chi connectivity index (χ1n) is 6.29. The third-order valence-electron chi connectivity index (χ3n) is 1.91. The number of ether oxygens (including phenoxy) is 1. The topological polar surface area (TPSA) is 74.8 Å². The number of rotatable bonds is 6. The zero-order valence-electron chi connectivity index (χ0n) is 12.5. The van der Waals surface area contributed by atoms with Crippen molar-refractivity contribution in [3.05, 3.63) is 0 Å². The van der Waals surface area contributed by atoms with E-state index in [4.69, 9.17) is 4.74 Å². The van der Waals surface area contributed by atoms with Crippen molar-refractivity contribution < 1.29 is 9.53 Å². The molecule has 0 rings (SSSR count). The van der Waals surface area contributed by atoms with Crippen molar-refractivity contribution in [1.29, 1.82) is 0 Å². The predicted molar refractivity (Wildman–Crippen MR) is 82.0 cm³/mol. The summed E-state index contributed by atoms with van der Waals surface area (Å²) in [6, 6.07) is 0. The molecule has 0 aromatic rings. The number of guanidine groups is 1. The normalized spacial score (nSPS) is 11.9. The van der Waals surface area contributed by atoms with Crippen LogP contribution in [0.4, 0.5) is 4.79 Å². The smallest absolute Gasteiger partial charge is 0.407 e.